The van der Waals surface area contributed by atoms with Gasteiger partial charge in [-0.3, -0.25) is 4.79 Å². The number of anilines is 1. The molecule has 0 aliphatic rings. The van der Waals surface area contributed by atoms with E-state index in [-0.39, 0.29) is 5.91 Å². The van der Waals surface area contributed by atoms with Crippen LogP contribution in [0.5, 0.6) is 0 Å². The molecule has 0 bridgehead atoms. The molecule has 5 heteroatoms. The van der Waals surface area contributed by atoms with Gasteiger partial charge in [-0.05, 0) is 31.2 Å². The maximum Gasteiger partial charge on any atom is 0.224 e. The number of hydrogen-bond donors (Lipinski definition) is 2. The molecule has 1 amide bonds. The van der Waals surface area contributed by atoms with Crippen LogP contribution in [-0.2, 0) is 11.2 Å². The van der Waals surface area contributed by atoms with Gasteiger partial charge in [0.15, 0.2) is 11.5 Å². The van der Waals surface area contributed by atoms with Gasteiger partial charge in [-0.15, -0.1) is 0 Å². The van der Waals surface area contributed by atoms with Crippen LogP contribution in [0.1, 0.15) is 39.5 Å². The lowest BCUT2D eigenvalue weighted by Crippen LogP contribution is -2.24. The maximum absolute atomic E-state index is 11.9. The Morgan fingerprint density at radius 2 is 2.19 bits per heavy atom. The first-order chi connectivity index (χ1) is 10.1. The molecule has 1 heterocycles. The zero-order chi connectivity index (χ0) is 15.2. The number of nitrogens with one attached hydrogen (secondary N) is 2. The van der Waals surface area contributed by atoms with Gasteiger partial charge >= 0.3 is 0 Å². The van der Waals surface area contributed by atoms with E-state index in [1.807, 2.05) is 25.1 Å². The lowest BCUT2D eigenvalue weighted by atomic mass is 10.2. The largest absolute Gasteiger partial charge is 0.441 e. The number of benzene rings is 1. The molecule has 0 aliphatic carbocycles. The monoisotopic (exact) mass is 289 g/mol. The Morgan fingerprint density at radius 1 is 1.38 bits per heavy atom. The molecule has 1 aromatic carbocycles. The van der Waals surface area contributed by atoms with Crippen LogP contribution in [0.15, 0.2) is 22.6 Å². The summed E-state index contributed by atoms with van der Waals surface area (Å²) < 4.78 is 5.55. The fraction of sp³-hybridized carbons (Fsp3) is 0.500. The van der Waals surface area contributed by atoms with E-state index >= 15 is 0 Å². The molecule has 0 radical (unpaired) electrons. The summed E-state index contributed by atoms with van der Waals surface area (Å²) >= 11 is 0. The predicted molar refractivity (Wildman–Crippen MR) is 84.4 cm³/mol. The summed E-state index contributed by atoms with van der Waals surface area (Å²) in [6, 6.07) is 5.99. The Balaban J connectivity index is 1.88. The molecule has 21 heavy (non-hydrogen) atoms. The van der Waals surface area contributed by atoms with E-state index in [2.05, 4.69) is 29.5 Å². The van der Waals surface area contributed by atoms with E-state index in [1.165, 1.54) is 0 Å². The number of fused-ring (bicyclic) bond motifs is 1. The number of hydrogen-bond acceptors (Lipinski definition) is 4. The fourth-order valence-corrected chi connectivity index (χ4v) is 2.07. The van der Waals surface area contributed by atoms with E-state index in [0.29, 0.717) is 18.4 Å². The molecule has 0 saturated heterocycles. The number of carbonyl (C=O) groups excluding carboxylic acids is 1. The molecule has 0 atom stereocenters. The molecule has 5 nitrogen and oxygen atoms in total. The van der Waals surface area contributed by atoms with Crippen molar-refractivity contribution in [3.8, 4) is 0 Å². The molecule has 2 N–H and O–H groups in total. The second-order valence-electron chi connectivity index (χ2n) is 5.40. The zero-order valence-electron chi connectivity index (χ0n) is 12.9. The van der Waals surface area contributed by atoms with Crippen LogP contribution in [0.25, 0.3) is 11.1 Å². The third-order valence-electron chi connectivity index (χ3n) is 3.15. The Morgan fingerprint density at radius 3 is 2.90 bits per heavy atom. The molecular formula is C16H23N3O2. The van der Waals surface area contributed by atoms with Gasteiger partial charge in [0.05, 0.1) is 0 Å². The van der Waals surface area contributed by atoms with Gasteiger partial charge < -0.3 is 15.1 Å². The molecule has 114 valence electrons. The average molecular weight is 289 g/mol. The molecule has 0 saturated carbocycles. The predicted octanol–water partition coefficient (Wildman–Crippen LogP) is 3.11. The minimum Gasteiger partial charge on any atom is -0.441 e. The van der Waals surface area contributed by atoms with E-state index < -0.39 is 0 Å². The highest BCUT2D eigenvalue weighted by atomic mass is 16.3. The summed E-state index contributed by atoms with van der Waals surface area (Å²) in [4.78, 5) is 16.2. The molecule has 1 aromatic heterocycles. The number of aryl methyl sites for hydroxylation is 1. The van der Waals surface area contributed by atoms with Crippen molar-refractivity contribution >= 4 is 22.7 Å². The van der Waals surface area contributed by atoms with E-state index in [9.17, 15) is 4.79 Å². The Hall–Kier alpha value is -1.88. The fourth-order valence-electron chi connectivity index (χ4n) is 2.07. The minimum atomic E-state index is 0.0270. The lowest BCUT2D eigenvalue weighted by Gasteiger charge is -2.08. The Labute approximate surface area is 125 Å². The Kier molecular flexibility index (Phi) is 5.33. The van der Waals surface area contributed by atoms with Gasteiger partial charge in [0.1, 0.15) is 5.52 Å². The SMILES string of the molecule is CCc1nc2cc(NC(=O)CCCNC(C)C)ccc2o1. The number of nitrogens with zero attached hydrogens (tertiary/aromatic N) is 1. The van der Waals surface area contributed by atoms with Crippen LogP contribution >= 0.6 is 0 Å². The quantitative estimate of drug-likeness (QED) is 0.769. The van der Waals surface area contributed by atoms with E-state index in [4.69, 9.17) is 4.42 Å². The number of amides is 1. The van der Waals surface area contributed by atoms with Crippen molar-refractivity contribution in [2.75, 3.05) is 11.9 Å². The Bertz CT molecular complexity index is 605. The highest BCUT2D eigenvalue weighted by molar-refractivity contribution is 5.92. The van der Waals surface area contributed by atoms with Gasteiger partial charge in [0.2, 0.25) is 5.91 Å². The van der Waals surface area contributed by atoms with Crippen LogP contribution in [0, 0.1) is 0 Å². The molecule has 0 unspecified atom stereocenters. The third-order valence-corrected chi connectivity index (χ3v) is 3.15. The zero-order valence-corrected chi connectivity index (χ0v) is 12.9. The number of carbonyl (C=O) groups is 1. The standard InChI is InChI=1S/C16H23N3O2/c1-4-16-19-13-10-12(7-8-14(13)21-16)18-15(20)6-5-9-17-11(2)3/h7-8,10-11,17H,4-6,9H2,1-3H3,(H,18,20). The van der Waals surface area contributed by atoms with Crippen molar-refractivity contribution in [1.82, 2.24) is 10.3 Å². The van der Waals surface area contributed by atoms with E-state index in [1.54, 1.807) is 0 Å². The summed E-state index contributed by atoms with van der Waals surface area (Å²) in [7, 11) is 0. The van der Waals surface area contributed by atoms with Crippen LogP contribution in [-0.4, -0.2) is 23.5 Å². The number of oxazole rings is 1. The van der Waals surface area contributed by atoms with Crippen molar-refractivity contribution in [1.29, 1.82) is 0 Å². The molecule has 0 aliphatic heterocycles. The second kappa shape index (κ2) is 7.22. The third kappa shape index (κ3) is 4.56. The lowest BCUT2D eigenvalue weighted by molar-refractivity contribution is -0.116. The van der Waals surface area contributed by atoms with Gasteiger partial charge in [0, 0.05) is 24.6 Å². The second-order valence-corrected chi connectivity index (χ2v) is 5.40. The van der Waals surface area contributed by atoms with Crippen LogP contribution in [0.2, 0.25) is 0 Å². The summed E-state index contributed by atoms with van der Waals surface area (Å²) in [5, 5.41) is 6.20. The summed E-state index contributed by atoms with van der Waals surface area (Å²) in [5.41, 5.74) is 2.30. The van der Waals surface area contributed by atoms with E-state index in [0.717, 1.165) is 36.2 Å². The first kappa shape index (κ1) is 15.5. The van der Waals surface area contributed by atoms with Crippen molar-refractivity contribution in [2.45, 2.75) is 46.1 Å². The van der Waals surface area contributed by atoms with Crippen molar-refractivity contribution in [3.05, 3.63) is 24.1 Å². The molecular weight excluding hydrogens is 266 g/mol. The molecule has 2 rings (SSSR count). The smallest absolute Gasteiger partial charge is 0.224 e. The molecule has 0 fully saturated rings. The van der Waals surface area contributed by atoms with Crippen molar-refractivity contribution in [3.63, 3.8) is 0 Å². The van der Waals surface area contributed by atoms with Crippen LogP contribution in [0.4, 0.5) is 5.69 Å². The number of rotatable bonds is 7. The van der Waals surface area contributed by atoms with Gasteiger partial charge in [-0.25, -0.2) is 4.98 Å². The topological polar surface area (TPSA) is 67.2 Å². The highest BCUT2D eigenvalue weighted by Crippen LogP contribution is 2.20. The molecule has 0 spiro atoms. The first-order valence-corrected chi connectivity index (χ1v) is 7.51. The van der Waals surface area contributed by atoms with Crippen molar-refractivity contribution in [2.24, 2.45) is 0 Å². The number of aromatic nitrogens is 1. The van der Waals surface area contributed by atoms with Crippen LogP contribution < -0.4 is 10.6 Å². The van der Waals surface area contributed by atoms with Crippen LogP contribution in [0.3, 0.4) is 0 Å². The summed E-state index contributed by atoms with van der Waals surface area (Å²) in [5.74, 6) is 0.743. The van der Waals surface area contributed by atoms with Gasteiger partial charge in [-0.2, -0.15) is 0 Å². The maximum atomic E-state index is 11.9. The average Bonchev–Trinajstić information content (AvgIpc) is 2.85. The van der Waals surface area contributed by atoms with Gasteiger partial charge in [-0.1, -0.05) is 20.8 Å². The van der Waals surface area contributed by atoms with Gasteiger partial charge in [0.25, 0.3) is 0 Å². The normalized spacial score (nSPS) is 11.2. The summed E-state index contributed by atoms with van der Waals surface area (Å²) in [6.45, 7) is 7.04. The first-order valence-electron chi connectivity index (χ1n) is 7.51. The highest BCUT2D eigenvalue weighted by Gasteiger charge is 2.07. The minimum absolute atomic E-state index is 0.0270. The summed E-state index contributed by atoms with van der Waals surface area (Å²) in [6.07, 6.45) is 2.10. The molecule has 2 aromatic rings. The van der Waals surface area contributed by atoms with Crippen molar-refractivity contribution < 1.29 is 9.21 Å².